The van der Waals surface area contributed by atoms with Crippen LogP contribution in [0.5, 0.6) is 0 Å². The first kappa shape index (κ1) is 12.5. The van der Waals surface area contributed by atoms with E-state index in [0.717, 1.165) is 29.5 Å². The van der Waals surface area contributed by atoms with Gasteiger partial charge in [0.15, 0.2) is 0 Å². The van der Waals surface area contributed by atoms with E-state index in [1.165, 1.54) is 0 Å². The molecule has 0 amide bonds. The van der Waals surface area contributed by atoms with E-state index in [9.17, 15) is 4.79 Å². The van der Waals surface area contributed by atoms with Gasteiger partial charge in [-0.3, -0.25) is 9.13 Å². The van der Waals surface area contributed by atoms with Crippen molar-refractivity contribution in [2.24, 2.45) is 0 Å². The van der Waals surface area contributed by atoms with Crippen molar-refractivity contribution in [3.8, 4) is 0 Å². The van der Waals surface area contributed by atoms with Crippen LogP contribution in [0.1, 0.15) is 18.9 Å². The maximum atomic E-state index is 12.0. The fraction of sp³-hybridized carbons (Fsp3) is 0.357. The van der Waals surface area contributed by atoms with E-state index in [2.05, 4.69) is 21.2 Å². The molecule has 0 atom stereocenters. The van der Waals surface area contributed by atoms with E-state index < -0.39 is 0 Å². The number of aromatic nitrogens is 2. The van der Waals surface area contributed by atoms with Crippen LogP contribution in [0.2, 0.25) is 0 Å². The third kappa shape index (κ3) is 2.92. The Morgan fingerprint density at radius 1 is 1.21 bits per heavy atom. The minimum Gasteiger partial charge on any atom is -0.383 e. The molecule has 1 aromatic carbocycles. The summed E-state index contributed by atoms with van der Waals surface area (Å²) in [6.07, 6.45) is 6.06. The third-order valence-electron chi connectivity index (χ3n) is 3.34. The molecule has 0 spiro atoms. The molecule has 2 aromatic rings. The van der Waals surface area contributed by atoms with E-state index in [-0.39, 0.29) is 5.69 Å². The van der Waals surface area contributed by atoms with Gasteiger partial charge in [-0.25, -0.2) is 4.79 Å². The maximum absolute atomic E-state index is 12.0. The molecule has 0 bridgehead atoms. The molecule has 1 aliphatic rings. The second-order valence-corrected chi connectivity index (χ2v) is 5.76. The third-order valence-corrected chi connectivity index (χ3v) is 3.87. The van der Waals surface area contributed by atoms with E-state index in [0.29, 0.717) is 12.6 Å². The second kappa shape index (κ2) is 5.25. The zero-order valence-corrected chi connectivity index (χ0v) is 12.1. The van der Waals surface area contributed by atoms with Crippen LogP contribution in [-0.2, 0) is 6.54 Å². The SMILES string of the molecule is O=c1n(CCNc2ccc(Br)cc2)ccn1C1CC1. The molecule has 0 radical (unpaired) electrons. The zero-order valence-electron chi connectivity index (χ0n) is 10.6. The molecule has 1 heterocycles. The topological polar surface area (TPSA) is 39.0 Å². The van der Waals surface area contributed by atoms with E-state index in [4.69, 9.17) is 0 Å². The number of anilines is 1. The van der Waals surface area contributed by atoms with E-state index >= 15 is 0 Å². The molecule has 100 valence electrons. The highest BCUT2D eigenvalue weighted by molar-refractivity contribution is 9.10. The van der Waals surface area contributed by atoms with Crippen LogP contribution < -0.4 is 11.0 Å². The van der Waals surface area contributed by atoms with Gasteiger partial charge in [0, 0.05) is 41.7 Å². The molecule has 1 fully saturated rings. The van der Waals surface area contributed by atoms with E-state index in [1.54, 1.807) is 4.57 Å². The summed E-state index contributed by atoms with van der Waals surface area (Å²) in [7, 11) is 0. The van der Waals surface area contributed by atoms with Crippen molar-refractivity contribution >= 4 is 21.6 Å². The minimum absolute atomic E-state index is 0.111. The number of halogens is 1. The Kier molecular flexibility index (Phi) is 3.46. The highest BCUT2D eigenvalue weighted by atomic mass is 79.9. The van der Waals surface area contributed by atoms with Crippen molar-refractivity contribution in [1.29, 1.82) is 0 Å². The summed E-state index contributed by atoms with van der Waals surface area (Å²) >= 11 is 3.41. The molecule has 0 unspecified atom stereocenters. The fourth-order valence-corrected chi connectivity index (χ4v) is 2.38. The van der Waals surface area contributed by atoms with Crippen molar-refractivity contribution < 1.29 is 0 Å². The molecule has 1 saturated carbocycles. The van der Waals surface area contributed by atoms with Crippen LogP contribution >= 0.6 is 15.9 Å². The maximum Gasteiger partial charge on any atom is 0.328 e. The van der Waals surface area contributed by atoms with Crippen LogP contribution in [0, 0.1) is 0 Å². The lowest BCUT2D eigenvalue weighted by atomic mass is 10.3. The molecule has 3 rings (SSSR count). The van der Waals surface area contributed by atoms with Crippen LogP contribution in [0.25, 0.3) is 0 Å². The van der Waals surface area contributed by atoms with Gasteiger partial charge in [0.05, 0.1) is 0 Å². The van der Waals surface area contributed by atoms with Crippen LogP contribution in [-0.4, -0.2) is 15.7 Å². The Morgan fingerprint density at radius 2 is 1.95 bits per heavy atom. The summed E-state index contributed by atoms with van der Waals surface area (Å²) in [5, 5.41) is 3.31. The number of imidazole rings is 1. The van der Waals surface area contributed by atoms with Gasteiger partial charge in [0.1, 0.15) is 0 Å². The van der Waals surface area contributed by atoms with Gasteiger partial charge >= 0.3 is 5.69 Å². The van der Waals surface area contributed by atoms with Crippen molar-refractivity contribution in [2.45, 2.75) is 25.4 Å². The lowest BCUT2D eigenvalue weighted by molar-refractivity contribution is 0.633. The molecular formula is C14H16BrN3O. The number of benzene rings is 1. The molecule has 5 heteroatoms. The molecule has 19 heavy (non-hydrogen) atoms. The predicted molar refractivity (Wildman–Crippen MR) is 79.6 cm³/mol. The predicted octanol–water partition coefficient (Wildman–Crippen LogP) is 2.86. The van der Waals surface area contributed by atoms with Gasteiger partial charge in [-0.1, -0.05) is 15.9 Å². The summed E-state index contributed by atoms with van der Waals surface area (Å²) in [5.74, 6) is 0. The standard InChI is InChI=1S/C14H16BrN3O/c15-11-1-3-12(4-2-11)16-7-8-17-9-10-18(14(17)19)13-5-6-13/h1-4,9-10,13,16H,5-8H2. The van der Waals surface area contributed by atoms with Gasteiger partial charge in [0.2, 0.25) is 0 Å². The van der Waals surface area contributed by atoms with Gasteiger partial charge in [-0.2, -0.15) is 0 Å². The number of nitrogens with zero attached hydrogens (tertiary/aromatic N) is 2. The Balaban J connectivity index is 1.57. The quantitative estimate of drug-likeness (QED) is 0.919. The average Bonchev–Trinajstić information content (AvgIpc) is 3.18. The van der Waals surface area contributed by atoms with Gasteiger partial charge in [0.25, 0.3) is 0 Å². The smallest absolute Gasteiger partial charge is 0.328 e. The van der Waals surface area contributed by atoms with Crippen molar-refractivity contribution in [3.63, 3.8) is 0 Å². The van der Waals surface area contributed by atoms with Crippen molar-refractivity contribution in [2.75, 3.05) is 11.9 Å². The second-order valence-electron chi connectivity index (χ2n) is 4.85. The monoisotopic (exact) mass is 321 g/mol. The number of hydrogen-bond acceptors (Lipinski definition) is 2. The molecule has 4 nitrogen and oxygen atoms in total. The molecule has 1 N–H and O–H groups in total. The van der Waals surface area contributed by atoms with Crippen LogP contribution in [0.15, 0.2) is 45.9 Å². The normalized spacial score (nSPS) is 14.6. The highest BCUT2D eigenvalue weighted by Crippen LogP contribution is 2.33. The molecule has 1 aromatic heterocycles. The first-order valence-electron chi connectivity index (χ1n) is 6.51. The summed E-state index contributed by atoms with van der Waals surface area (Å²) in [5.41, 5.74) is 1.18. The Morgan fingerprint density at radius 3 is 2.63 bits per heavy atom. The fourth-order valence-electron chi connectivity index (χ4n) is 2.12. The van der Waals surface area contributed by atoms with Crippen molar-refractivity contribution in [1.82, 2.24) is 9.13 Å². The van der Waals surface area contributed by atoms with Gasteiger partial charge < -0.3 is 5.32 Å². The lowest BCUT2D eigenvalue weighted by Gasteiger charge is -2.06. The minimum atomic E-state index is 0.111. The van der Waals surface area contributed by atoms with Gasteiger partial charge in [-0.05, 0) is 37.1 Å². The number of nitrogens with one attached hydrogen (secondary N) is 1. The first-order valence-corrected chi connectivity index (χ1v) is 7.30. The van der Waals surface area contributed by atoms with Crippen LogP contribution in [0.4, 0.5) is 5.69 Å². The summed E-state index contributed by atoms with van der Waals surface area (Å²) in [6, 6.07) is 8.48. The summed E-state index contributed by atoms with van der Waals surface area (Å²) in [4.78, 5) is 12.0. The van der Waals surface area contributed by atoms with E-state index in [1.807, 2.05) is 41.2 Å². The average molecular weight is 322 g/mol. The first-order chi connectivity index (χ1) is 9.24. The highest BCUT2D eigenvalue weighted by Gasteiger charge is 2.25. The molecule has 1 aliphatic carbocycles. The molecule has 0 aliphatic heterocycles. The number of rotatable bonds is 5. The summed E-state index contributed by atoms with van der Waals surface area (Å²) < 4.78 is 4.68. The van der Waals surface area contributed by atoms with Crippen LogP contribution in [0.3, 0.4) is 0 Å². The van der Waals surface area contributed by atoms with Crippen molar-refractivity contribution in [3.05, 3.63) is 51.6 Å². The zero-order chi connectivity index (χ0) is 13.2. The molecule has 0 saturated heterocycles. The van der Waals surface area contributed by atoms with Gasteiger partial charge in [-0.15, -0.1) is 0 Å². The number of hydrogen-bond donors (Lipinski definition) is 1. The Hall–Kier alpha value is -1.49. The Labute approximate surface area is 120 Å². The lowest BCUT2D eigenvalue weighted by Crippen LogP contribution is -2.25. The Bertz CT molecular complexity index is 610. The summed E-state index contributed by atoms with van der Waals surface area (Å²) in [6.45, 7) is 1.44. The molecular weight excluding hydrogens is 306 g/mol. The largest absolute Gasteiger partial charge is 0.383 e.